The summed E-state index contributed by atoms with van der Waals surface area (Å²) in [6.07, 6.45) is 0.760. The molecule has 0 aliphatic carbocycles. The van der Waals surface area contributed by atoms with Crippen molar-refractivity contribution in [1.82, 2.24) is 23.9 Å². The maximum absolute atomic E-state index is 13.5. The number of hydrogen-bond acceptors (Lipinski definition) is 4. The van der Waals surface area contributed by atoms with Gasteiger partial charge < -0.3 is 10.2 Å². The summed E-state index contributed by atoms with van der Waals surface area (Å²) in [6, 6.07) is 15.8. The number of nitrogens with one attached hydrogen (secondary N) is 1. The quantitative estimate of drug-likeness (QED) is 0.573. The van der Waals surface area contributed by atoms with Crippen LogP contribution in [0.3, 0.4) is 0 Å². The van der Waals surface area contributed by atoms with Crippen LogP contribution in [0.2, 0.25) is 5.02 Å². The Balaban J connectivity index is 2.03. The molecule has 8 nitrogen and oxygen atoms in total. The Bertz CT molecular complexity index is 1030. The number of benzene rings is 2. The molecule has 3 rings (SSSR count). The highest BCUT2D eigenvalue weighted by atomic mass is 35.5. The summed E-state index contributed by atoms with van der Waals surface area (Å²) in [7, 11) is 2.90. The number of nitrogens with zero attached hydrogens (tertiary/aromatic N) is 4. The molecule has 1 fully saturated rings. The Kier molecular flexibility index (Phi) is 8.36. The lowest BCUT2D eigenvalue weighted by Gasteiger charge is -2.33. The number of rotatable bonds is 8. The van der Waals surface area contributed by atoms with Crippen molar-refractivity contribution in [3.63, 3.8) is 0 Å². The lowest BCUT2D eigenvalue weighted by atomic mass is 9.89. The first-order valence-electron chi connectivity index (χ1n) is 10.8. The SMILES string of the molecule is CN(C)CCCNC(=O)N1CC(c2ccccc2)C(c2ccc(Cl)cc2)N1S(=O)(=O)N(C)C. The summed E-state index contributed by atoms with van der Waals surface area (Å²) >= 11 is 6.10. The fourth-order valence-corrected chi connectivity index (χ4v) is 5.37. The van der Waals surface area contributed by atoms with Gasteiger partial charge in [-0.05, 0) is 50.3 Å². The van der Waals surface area contributed by atoms with Crippen molar-refractivity contribution in [2.24, 2.45) is 0 Å². The minimum Gasteiger partial charge on any atom is -0.337 e. The van der Waals surface area contributed by atoms with Gasteiger partial charge in [-0.1, -0.05) is 58.5 Å². The van der Waals surface area contributed by atoms with Crippen molar-refractivity contribution in [2.45, 2.75) is 18.4 Å². The molecule has 2 amide bonds. The predicted molar refractivity (Wildman–Crippen MR) is 131 cm³/mol. The number of hydrogen-bond donors (Lipinski definition) is 1. The van der Waals surface area contributed by atoms with Gasteiger partial charge in [0.2, 0.25) is 0 Å². The van der Waals surface area contributed by atoms with Crippen molar-refractivity contribution in [2.75, 3.05) is 47.8 Å². The standard InChI is InChI=1S/C23H32ClN5O3S/c1-26(2)16-8-15-25-23(30)28-17-21(18-9-6-5-7-10-18)22(19-11-13-20(24)14-12-19)29(28)33(31,32)27(3)4/h5-7,9-14,21-22H,8,15-17H2,1-4H3,(H,25,30). The van der Waals surface area contributed by atoms with Gasteiger partial charge >= 0.3 is 6.03 Å². The first-order valence-corrected chi connectivity index (χ1v) is 12.6. The molecule has 2 unspecified atom stereocenters. The summed E-state index contributed by atoms with van der Waals surface area (Å²) in [5.74, 6) is -0.255. The summed E-state index contributed by atoms with van der Waals surface area (Å²) < 4.78 is 29.3. The van der Waals surface area contributed by atoms with Crippen LogP contribution in [0.1, 0.15) is 29.5 Å². The second-order valence-corrected chi connectivity index (χ2v) is 11.0. The van der Waals surface area contributed by atoms with Crippen molar-refractivity contribution in [3.05, 3.63) is 70.7 Å². The van der Waals surface area contributed by atoms with Crippen LogP contribution >= 0.6 is 11.6 Å². The summed E-state index contributed by atoms with van der Waals surface area (Å²) in [4.78, 5) is 15.3. The topological polar surface area (TPSA) is 76.2 Å². The van der Waals surface area contributed by atoms with Gasteiger partial charge in [0.05, 0.1) is 6.04 Å². The molecule has 1 saturated heterocycles. The minimum atomic E-state index is -3.97. The van der Waals surface area contributed by atoms with E-state index >= 15 is 0 Å². The van der Waals surface area contributed by atoms with Crippen LogP contribution in [0.25, 0.3) is 0 Å². The molecule has 2 aromatic rings. The van der Waals surface area contributed by atoms with Crippen LogP contribution in [0.15, 0.2) is 54.6 Å². The highest BCUT2D eigenvalue weighted by molar-refractivity contribution is 7.86. The van der Waals surface area contributed by atoms with Gasteiger partial charge in [0.1, 0.15) is 0 Å². The van der Waals surface area contributed by atoms with Crippen molar-refractivity contribution >= 4 is 27.8 Å². The Labute approximate surface area is 201 Å². The van der Waals surface area contributed by atoms with Crippen LogP contribution < -0.4 is 5.32 Å². The number of amides is 2. The van der Waals surface area contributed by atoms with E-state index in [9.17, 15) is 13.2 Å². The third-order valence-corrected chi connectivity index (χ3v) is 7.73. The van der Waals surface area contributed by atoms with Crippen molar-refractivity contribution < 1.29 is 13.2 Å². The van der Waals surface area contributed by atoms with Gasteiger partial charge in [0.25, 0.3) is 10.2 Å². The monoisotopic (exact) mass is 493 g/mol. The lowest BCUT2D eigenvalue weighted by molar-refractivity contribution is 0.108. The third kappa shape index (κ3) is 5.85. The van der Waals surface area contributed by atoms with E-state index in [4.69, 9.17) is 11.6 Å². The first-order chi connectivity index (χ1) is 15.6. The van der Waals surface area contributed by atoms with Crippen LogP contribution in [0, 0.1) is 0 Å². The normalized spacial score (nSPS) is 19.4. The van der Waals surface area contributed by atoms with E-state index in [-0.39, 0.29) is 12.5 Å². The van der Waals surface area contributed by atoms with Crippen molar-refractivity contribution in [3.8, 4) is 0 Å². The van der Waals surface area contributed by atoms with E-state index in [0.29, 0.717) is 11.6 Å². The fourth-order valence-electron chi connectivity index (χ4n) is 3.97. The van der Waals surface area contributed by atoms with E-state index in [1.54, 1.807) is 12.1 Å². The Hall–Kier alpha value is -2.17. The summed E-state index contributed by atoms with van der Waals surface area (Å²) in [6.45, 7) is 1.49. The molecule has 180 valence electrons. The zero-order valence-corrected chi connectivity index (χ0v) is 21.1. The molecule has 1 aliphatic heterocycles. The zero-order chi connectivity index (χ0) is 24.2. The average Bonchev–Trinajstić information content (AvgIpc) is 3.19. The van der Waals surface area contributed by atoms with E-state index in [0.717, 1.165) is 28.4 Å². The number of carbonyl (C=O) groups is 1. The molecule has 0 aromatic heterocycles. The van der Waals surface area contributed by atoms with Gasteiger partial charge in [0.15, 0.2) is 0 Å². The lowest BCUT2D eigenvalue weighted by Crippen LogP contribution is -2.53. The number of carbonyl (C=O) groups excluding carboxylic acids is 1. The van der Waals surface area contributed by atoms with E-state index < -0.39 is 22.3 Å². The van der Waals surface area contributed by atoms with Crippen LogP contribution in [0.4, 0.5) is 4.79 Å². The van der Waals surface area contributed by atoms with Crippen LogP contribution in [0.5, 0.6) is 0 Å². The highest BCUT2D eigenvalue weighted by Crippen LogP contribution is 2.45. The second-order valence-electron chi connectivity index (χ2n) is 8.55. The maximum atomic E-state index is 13.5. The van der Waals surface area contributed by atoms with E-state index in [1.807, 2.05) is 61.5 Å². The van der Waals surface area contributed by atoms with E-state index in [1.165, 1.54) is 23.5 Å². The minimum absolute atomic E-state index is 0.226. The summed E-state index contributed by atoms with van der Waals surface area (Å²) in [5, 5.41) is 4.77. The molecule has 1 heterocycles. The van der Waals surface area contributed by atoms with Crippen LogP contribution in [-0.2, 0) is 10.2 Å². The van der Waals surface area contributed by atoms with Gasteiger partial charge in [-0.25, -0.2) is 9.80 Å². The Morgan fingerprint density at radius 1 is 1.03 bits per heavy atom. The molecule has 2 aromatic carbocycles. The largest absolute Gasteiger partial charge is 0.337 e. The van der Waals surface area contributed by atoms with Gasteiger partial charge in [-0.15, -0.1) is 0 Å². The number of hydrazine groups is 1. The van der Waals surface area contributed by atoms with E-state index in [2.05, 4.69) is 5.32 Å². The Morgan fingerprint density at radius 2 is 1.67 bits per heavy atom. The molecule has 0 bridgehead atoms. The molecule has 0 saturated carbocycles. The molecule has 0 spiro atoms. The maximum Gasteiger partial charge on any atom is 0.332 e. The first kappa shape index (κ1) is 25.5. The molecule has 1 N–H and O–H groups in total. The Morgan fingerprint density at radius 3 is 2.24 bits per heavy atom. The zero-order valence-electron chi connectivity index (χ0n) is 19.5. The number of halogens is 1. The van der Waals surface area contributed by atoms with Gasteiger partial charge in [-0.3, -0.25) is 0 Å². The molecule has 2 atom stereocenters. The fraction of sp³-hybridized carbons (Fsp3) is 0.435. The van der Waals surface area contributed by atoms with Gasteiger partial charge in [0, 0.05) is 38.1 Å². The predicted octanol–water partition coefficient (Wildman–Crippen LogP) is 3.17. The van der Waals surface area contributed by atoms with Crippen LogP contribution in [-0.4, -0.2) is 80.9 Å². The van der Waals surface area contributed by atoms with Gasteiger partial charge in [-0.2, -0.15) is 12.7 Å². The molecule has 0 radical (unpaired) electrons. The molecular weight excluding hydrogens is 462 g/mol. The molecule has 33 heavy (non-hydrogen) atoms. The average molecular weight is 494 g/mol. The highest BCUT2D eigenvalue weighted by Gasteiger charge is 2.50. The molecular formula is C23H32ClN5O3S. The molecule has 1 aliphatic rings. The number of urea groups is 1. The summed E-state index contributed by atoms with van der Waals surface area (Å²) in [5.41, 5.74) is 1.72. The van der Waals surface area contributed by atoms with Crippen molar-refractivity contribution in [1.29, 1.82) is 0 Å². The second kappa shape index (κ2) is 10.8. The molecule has 10 heteroatoms. The smallest absolute Gasteiger partial charge is 0.332 e. The third-order valence-electron chi connectivity index (χ3n) is 5.66.